The number of nitrogens with one attached hydrogen (secondary N) is 1. The van der Waals surface area contributed by atoms with Gasteiger partial charge < -0.3 is 11.1 Å². The second-order valence-corrected chi connectivity index (χ2v) is 5.93. The van der Waals surface area contributed by atoms with Gasteiger partial charge in [-0.2, -0.15) is 0 Å². The molecule has 3 rings (SSSR count). The minimum Gasteiger partial charge on any atom is -0.377 e. The van der Waals surface area contributed by atoms with E-state index in [2.05, 4.69) is 41.4 Å². The smallest absolute Gasteiger partial charge is 0.0634 e. The molecule has 0 amide bonds. The summed E-state index contributed by atoms with van der Waals surface area (Å²) in [7, 11) is 0. The number of hydrogen-bond acceptors (Lipinski definition) is 3. The van der Waals surface area contributed by atoms with Crippen LogP contribution in [0.1, 0.15) is 24.8 Å². The molecule has 1 atom stereocenters. The molecule has 1 aliphatic carbocycles. The molecule has 1 saturated heterocycles. The molecule has 1 aromatic carbocycles. The summed E-state index contributed by atoms with van der Waals surface area (Å²) in [4.78, 5) is 2.61. The van der Waals surface area contributed by atoms with Crippen LogP contribution in [0.3, 0.4) is 0 Å². The fourth-order valence-corrected chi connectivity index (χ4v) is 2.92. The number of aryl methyl sites for hydroxylation is 1. The summed E-state index contributed by atoms with van der Waals surface area (Å²) < 4.78 is 0. The lowest BCUT2D eigenvalue weighted by Crippen LogP contribution is -2.48. The molecule has 1 aliphatic heterocycles. The predicted molar refractivity (Wildman–Crippen MR) is 75.8 cm³/mol. The first kappa shape index (κ1) is 12.0. The summed E-state index contributed by atoms with van der Waals surface area (Å²) in [5.74, 6) is 0. The summed E-state index contributed by atoms with van der Waals surface area (Å²) in [5.41, 5.74) is 8.62. The molecule has 18 heavy (non-hydrogen) atoms. The Morgan fingerprint density at radius 2 is 2.06 bits per heavy atom. The Morgan fingerprint density at radius 1 is 1.33 bits per heavy atom. The number of anilines is 1. The van der Waals surface area contributed by atoms with Crippen molar-refractivity contribution < 1.29 is 0 Å². The van der Waals surface area contributed by atoms with E-state index in [-0.39, 0.29) is 5.54 Å². The van der Waals surface area contributed by atoms with Gasteiger partial charge in [0.1, 0.15) is 0 Å². The average Bonchev–Trinajstić information content (AvgIpc) is 3.15. The molecular formula is C15H23N3. The Labute approximate surface area is 109 Å². The highest BCUT2D eigenvalue weighted by Crippen LogP contribution is 2.34. The van der Waals surface area contributed by atoms with Crippen molar-refractivity contribution in [3.05, 3.63) is 29.8 Å². The lowest BCUT2D eigenvalue weighted by atomic mass is 9.98. The second-order valence-electron chi connectivity index (χ2n) is 5.93. The van der Waals surface area contributed by atoms with Gasteiger partial charge in [0.05, 0.1) is 5.54 Å². The molecule has 1 unspecified atom stereocenters. The van der Waals surface area contributed by atoms with E-state index < -0.39 is 0 Å². The average molecular weight is 245 g/mol. The van der Waals surface area contributed by atoms with Gasteiger partial charge in [-0.3, -0.25) is 4.90 Å². The van der Waals surface area contributed by atoms with Crippen molar-refractivity contribution in [3.8, 4) is 0 Å². The van der Waals surface area contributed by atoms with E-state index in [1.807, 2.05) is 0 Å². The van der Waals surface area contributed by atoms with Crippen molar-refractivity contribution in [2.45, 2.75) is 37.8 Å². The summed E-state index contributed by atoms with van der Waals surface area (Å²) >= 11 is 0. The Bertz CT molecular complexity index is 410. The maximum atomic E-state index is 6.04. The number of benzene rings is 1. The number of hydrogen-bond donors (Lipinski definition) is 2. The van der Waals surface area contributed by atoms with Crippen LogP contribution in [0, 0.1) is 6.92 Å². The number of nitrogens with two attached hydrogens (primary N) is 1. The van der Waals surface area contributed by atoms with Crippen molar-refractivity contribution in [2.24, 2.45) is 5.73 Å². The highest BCUT2D eigenvalue weighted by atomic mass is 15.3. The van der Waals surface area contributed by atoms with Gasteiger partial charge in [0.25, 0.3) is 0 Å². The molecule has 2 fully saturated rings. The number of nitrogens with zero attached hydrogens (tertiary/aromatic N) is 1. The van der Waals surface area contributed by atoms with Crippen LogP contribution in [0.4, 0.5) is 5.69 Å². The fraction of sp³-hybridized carbons (Fsp3) is 0.600. The molecular weight excluding hydrogens is 222 g/mol. The largest absolute Gasteiger partial charge is 0.377 e. The zero-order valence-electron chi connectivity index (χ0n) is 11.2. The van der Waals surface area contributed by atoms with Crippen molar-refractivity contribution >= 4 is 5.69 Å². The fourth-order valence-electron chi connectivity index (χ4n) is 2.92. The monoisotopic (exact) mass is 245 g/mol. The van der Waals surface area contributed by atoms with Crippen LogP contribution in [0.2, 0.25) is 0 Å². The van der Waals surface area contributed by atoms with E-state index in [1.54, 1.807) is 0 Å². The molecule has 0 bridgehead atoms. The van der Waals surface area contributed by atoms with Gasteiger partial charge in [-0.25, -0.2) is 0 Å². The van der Waals surface area contributed by atoms with Crippen LogP contribution in [0.15, 0.2) is 24.3 Å². The molecule has 1 aromatic rings. The molecule has 98 valence electrons. The minimum absolute atomic E-state index is 0.0812. The Balaban J connectivity index is 1.70. The summed E-state index contributed by atoms with van der Waals surface area (Å²) in [5, 5.41) is 3.68. The van der Waals surface area contributed by atoms with Crippen LogP contribution in [-0.4, -0.2) is 36.1 Å². The second kappa shape index (κ2) is 4.56. The highest BCUT2D eigenvalue weighted by Gasteiger charge is 2.42. The first-order chi connectivity index (χ1) is 8.71. The number of likely N-dealkylation sites (tertiary alicyclic amines) is 1. The van der Waals surface area contributed by atoms with Crippen LogP contribution < -0.4 is 11.1 Å². The van der Waals surface area contributed by atoms with E-state index in [1.165, 1.54) is 30.6 Å². The van der Waals surface area contributed by atoms with Gasteiger partial charge in [-0.1, -0.05) is 17.7 Å². The van der Waals surface area contributed by atoms with Gasteiger partial charge >= 0.3 is 0 Å². The summed E-state index contributed by atoms with van der Waals surface area (Å²) in [6.45, 7) is 5.12. The zero-order valence-corrected chi connectivity index (χ0v) is 11.2. The third-order valence-electron chi connectivity index (χ3n) is 4.30. The molecule has 3 heteroatoms. The molecule has 2 aliphatic rings. The van der Waals surface area contributed by atoms with E-state index in [0.717, 1.165) is 19.0 Å². The molecule has 0 aromatic heterocycles. The predicted octanol–water partition coefficient (Wildman–Crippen LogP) is 1.97. The Morgan fingerprint density at radius 3 is 2.67 bits per heavy atom. The Kier molecular flexibility index (Phi) is 3.04. The van der Waals surface area contributed by atoms with E-state index in [0.29, 0.717) is 6.54 Å². The van der Waals surface area contributed by atoms with Crippen LogP contribution in [0.25, 0.3) is 0 Å². The van der Waals surface area contributed by atoms with E-state index in [4.69, 9.17) is 5.73 Å². The normalized spacial score (nSPS) is 28.6. The van der Waals surface area contributed by atoms with Crippen molar-refractivity contribution in [1.82, 2.24) is 4.90 Å². The first-order valence-electron chi connectivity index (χ1n) is 7.00. The van der Waals surface area contributed by atoms with Gasteiger partial charge in [0.2, 0.25) is 0 Å². The summed E-state index contributed by atoms with van der Waals surface area (Å²) in [6, 6.07) is 9.47. The van der Waals surface area contributed by atoms with Crippen molar-refractivity contribution in [1.29, 1.82) is 0 Å². The molecule has 1 heterocycles. The Hall–Kier alpha value is -1.06. The molecule has 0 radical (unpaired) electrons. The third kappa shape index (κ3) is 2.38. The van der Waals surface area contributed by atoms with Crippen molar-refractivity contribution in [2.75, 3.05) is 25.0 Å². The van der Waals surface area contributed by atoms with Gasteiger partial charge in [0, 0.05) is 31.4 Å². The van der Waals surface area contributed by atoms with Gasteiger partial charge in [-0.15, -0.1) is 0 Å². The van der Waals surface area contributed by atoms with Crippen LogP contribution in [0.5, 0.6) is 0 Å². The maximum absolute atomic E-state index is 6.04. The minimum atomic E-state index is 0.0812. The standard InChI is InChI=1S/C15H23N3/c1-12-2-4-13(5-3-12)17-15(10-16)8-9-18(11-15)14-6-7-14/h2-5,14,17H,6-11,16H2,1H3. The SMILES string of the molecule is Cc1ccc(NC2(CN)CCN(C3CC3)C2)cc1. The van der Waals surface area contributed by atoms with E-state index >= 15 is 0 Å². The lowest BCUT2D eigenvalue weighted by molar-refractivity contribution is 0.309. The van der Waals surface area contributed by atoms with Crippen molar-refractivity contribution in [3.63, 3.8) is 0 Å². The van der Waals surface area contributed by atoms with E-state index in [9.17, 15) is 0 Å². The van der Waals surface area contributed by atoms with Gasteiger partial charge in [-0.05, 0) is 38.3 Å². The molecule has 3 nitrogen and oxygen atoms in total. The number of rotatable bonds is 4. The third-order valence-corrected chi connectivity index (χ3v) is 4.30. The zero-order chi connectivity index (χ0) is 12.6. The quantitative estimate of drug-likeness (QED) is 0.852. The summed E-state index contributed by atoms with van der Waals surface area (Å²) in [6.07, 6.45) is 3.92. The van der Waals surface area contributed by atoms with Crippen LogP contribution in [-0.2, 0) is 0 Å². The van der Waals surface area contributed by atoms with Gasteiger partial charge in [0.15, 0.2) is 0 Å². The van der Waals surface area contributed by atoms with Crippen LogP contribution >= 0.6 is 0 Å². The topological polar surface area (TPSA) is 41.3 Å². The molecule has 1 saturated carbocycles. The molecule has 0 spiro atoms. The molecule has 3 N–H and O–H groups in total. The highest BCUT2D eigenvalue weighted by molar-refractivity contribution is 5.47. The first-order valence-corrected chi connectivity index (χ1v) is 7.00. The maximum Gasteiger partial charge on any atom is 0.0634 e. The lowest BCUT2D eigenvalue weighted by Gasteiger charge is -2.30.